The van der Waals surface area contributed by atoms with Crippen LogP contribution in [-0.4, -0.2) is 38.1 Å². The van der Waals surface area contributed by atoms with Gasteiger partial charge in [0.05, 0.1) is 0 Å². The molecule has 0 atom stereocenters. The van der Waals surface area contributed by atoms with Crippen LogP contribution in [-0.2, 0) is 0 Å². The zero-order chi connectivity index (χ0) is 9.97. The lowest BCUT2D eigenvalue weighted by atomic mass is 10.2. The molecule has 0 radical (unpaired) electrons. The highest BCUT2D eigenvalue weighted by atomic mass is 35.5. The fourth-order valence-electron chi connectivity index (χ4n) is 1.75. The van der Waals surface area contributed by atoms with Crippen molar-refractivity contribution in [1.82, 2.24) is 4.90 Å². The van der Waals surface area contributed by atoms with Gasteiger partial charge in [0.2, 0.25) is 0 Å². The second-order valence-electron chi connectivity index (χ2n) is 3.88. The Morgan fingerprint density at radius 1 is 1.00 bits per heavy atom. The predicted molar refractivity (Wildman–Crippen MR) is 67.8 cm³/mol. The maximum absolute atomic E-state index is 5.65. The minimum atomic E-state index is 0. The third-order valence-corrected chi connectivity index (χ3v) is 2.76. The highest BCUT2D eigenvalue weighted by molar-refractivity contribution is 5.85. The molecule has 2 N–H and O–H groups in total. The number of rotatable bonds is 1. The second-order valence-corrected chi connectivity index (χ2v) is 3.88. The monoisotopic (exact) mass is 227 g/mol. The second kappa shape index (κ2) is 5.24. The Morgan fingerprint density at radius 3 is 2.07 bits per heavy atom. The molecule has 0 saturated carbocycles. The van der Waals surface area contributed by atoms with Crippen molar-refractivity contribution in [1.29, 1.82) is 0 Å². The summed E-state index contributed by atoms with van der Waals surface area (Å²) in [6, 6.07) is 8.13. The van der Waals surface area contributed by atoms with Crippen LogP contribution in [0, 0.1) is 0 Å². The van der Waals surface area contributed by atoms with Gasteiger partial charge in [0.25, 0.3) is 0 Å². The molecule has 0 aromatic heterocycles. The number of benzene rings is 1. The highest BCUT2D eigenvalue weighted by Gasteiger charge is 2.13. The number of nitrogens with zero attached hydrogens (tertiary/aromatic N) is 2. The minimum Gasteiger partial charge on any atom is -0.399 e. The zero-order valence-electron chi connectivity index (χ0n) is 9.02. The molecule has 4 heteroatoms. The number of anilines is 2. The van der Waals surface area contributed by atoms with Crippen molar-refractivity contribution in [3.63, 3.8) is 0 Å². The average Bonchev–Trinajstić information content (AvgIpc) is 2.21. The summed E-state index contributed by atoms with van der Waals surface area (Å²) in [5, 5.41) is 0. The van der Waals surface area contributed by atoms with Crippen LogP contribution in [0.2, 0.25) is 0 Å². The van der Waals surface area contributed by atoms with E-state index in [1.165, 1.54) is 5.69 Å². The summed E-state index contributed by atoms with van der Waals surface area (Å²) in [5.74, 6) is 0. The summed E-state index contributed by atoms with van der Waals surface area (Å²) in [5.41, 5.74) is 7.77. The van der Waals surface area contributed by atoms with E-state index in [1.54, 1.807) is 0 Å². The van der Waals surface area contributed by atoms with Gasteiger partial charge >= 0.3 is 0 Å². The molecular weight excluding hydrogens is 210 g/mol. The lowest BCUT2D eigenvalue weighted by molar-refractivity contribution is 0.313. The standard InChI is InChI=1S/C11H17N3.ClH/c1-13-6-8-14(9-7-13)11-4-2-10(12)3-5-11;/h2-5H,6-9,12H2,1H3;1H. The van der Waals surface area contributed by atoms with E-state index in [2.05, 4.69) is 29.0 Å². The van der Waals surface area contributed by atoms with E-state index < -0.39 is 0 Å². The number of halogens is 1. The molecule has 2 rings (SSSR count). The molecular formula is C11H18ClN3. The summed E-state index contributed by atoms with van der Waals surface area (Å²) in [6.07, 6.45) is 0. The van der Waals surface area contributed by atoms with Crippen molar-refractivity contribution >= 4 is 23.8 Å². The molecule has 0 unspecified atom stereocenters. The fourth-order valence-corrected chi connectivity index (χ4v) is 1.75. The Kier molecular flexibility index (Phi) is 4.24. The predicted octanol–water partition coefficient (Wildman–Crippen LogP) is 1.44. The van der Waals surface area contributed by atoms with Crippen LogP contribution < -0.4 is 10.6 Å². The highest BCUT2D eigenvalue weighted by Crippen LogP contribution is 2.17. The number of nitrogens with two attached hydrogens (primary N) is 1. The quantitative estimate of drug-likeness (QED) is 0.737. The van der Waals surface area contributed by atoms with Crippen LogP contribution >= 0.6 is 12.4 Å². The van der Waals surface area contributed by atoms with Crippen molar-refractivity contribution in [3.05, 3.63) is 24.3 Å². The Balaban J connectivity index is 0.00000112. The van der Waals surface area contributed by atoms with E-state index in [4.69, 9.17) is 5.73 Å². The van der Waals surface area contributed by atoms with E-state index in [1.807, 2.05) is 12.1 Å². The maximum atomic E-state index is 5.65. The zero-order valence-corrected chi connectivity index (χ0v) is 9.83. The van der Waals surface area contributed by atoms with Crippen molar-refractivity contribution in [3.8, 4) is 0 Å². The molecule has 1 aromatic rings. The van der Waals surface area contributed by atoms with Crippen LogP contribution in [0.5, 0.6) is 0 Å². The Morgan fingerprint density at radius 2 is 1.53 bits per heavy atom. The topological polar surface area (TPSA) is 32.5 Å². The lowest BCUT2D eigenvalue weighted by Crippen LogP contribution is -2.44. The molecule has 1 aromatic carbocycles. The van der Waals surface area contributed by atoms with E-state index >= 15 is 0 Å². The van der Waals surface area contributed by atoms with E-state index in [0.29, 0.717) is 0 Å². The molecule has 1 saturated heterocycles. The first-order chi connectivity index (χ1) is 6.75. The first kappa shape index (κ1) is 12.1. The van der Waals surface area contributed by atoms with Crippen LogP contribution in [0.4, 0.5) is 11.4 Å². The third-order valence-electron chi connectivity index (χ3n) is 2.76. The van der Waals surface area contributed by atoms with Gasteiger partial charge in [-0.25, -0.2) is 0 Å². The van der Waals surface area contributed by atoms with Gasteiger partial charge in [0, 0.05) is 37.6 Å². The van der Waals surface area contributed by atoms with Crippen LogP contribution in [0.25, 0.3) is 0 Å². The molecule has 15 heavy (non-hydrogen) atoms. The molecule has 3 nitrogen and oxygen atoms in total. The Hall–Kier alpha value is -0.930. The van der Waals surface area contributed by atoms with Gasteiger partial charge in [-0.1, -0.05) is 0 Å². The normalized spacial score (nSPS) is 17.3. The van der Waals surface area contributed by atoms with Gasteiger partial charge in [-0.15, -0.1) is 12.4 Å². The SMILES string of the molecule is CN1CCN(c2ccc(N)cc2)CC1.Cl. The maximum Gasteiger partial charge on any atom is 0.0368 e. The number of piperazine rings is 1. The summed E-state index contributed by atoms with van der Waals surface area (Å²) in [4.78, 5) is 4.76. The molecule has 1 fully saturated rings. The Labute approximate surface area is 97.3 Å². The fraction of sp³-hybridized carbons (Fsp3) is 0.455. The number of hydrogen-bond donors (Lipinski definition) is 1. The Bertz CT molecular complexity index is 291. The van der Waals surface area contributed by atoms with Crippen LogP contribution in [0.3, 0.4) is 0 Å². The summed E-state index contributed by atoms with van der Waals surface area (Å²) in [6.45, 7) is 4.51. The largest absolute Gasteiger partial charge is 0.399 e. The van der Waals surface area contributed by atoms with Gasteiger partial charge in [-0.3, -0.25) is 0 Å². The first-order valence-corrected chi connectivity index (χ1v) is 5.05. The number of nitrogen functional groups attached to an aromatic ring is 1. The average molecular weight is 228 g/mol. The van der Waals surface area contributed by atoms with E-state index in [9.17, 15) is 0 Å². The van der Waals surface area contributed by atoms with Crippen molar-refractivity contribution in [2.45, 2.75) is 0 Å². The molecule has 0 aliphatic carbocycles. The van der Waals surface area contributed by atoms with Crippen LogP contribution in [0.15, 0.2) is 24.3 Å². The molecule has 1 aliphatic rings. The molecule has 0 spiro atoms. The van der Waals surface area contributed by atoms with Crippen molar-refractivity contribution in [2.24, 2.45) is 0 Å². The lowest BCUT2D eigenvalue weighted by Gasteiger charge is -2.34. The summed E-state index contributed by atoms with van der Waals surface area (Å²) < 4.78 is 0. The van der Waals surface area contributed by atoms with E-state index in [0.717, 1.165) is 31.9 Å². The van der Waals surface area contributed by atoms with E-state index in [-0.39, 0.29) is 12.4 Å². The smallest absolute Gasteiger partial charge is 0.0368 e. The van der Waals surface area contributed by atoms with Gasteiger partial charge in [0.1, 0.15) is 0 Å². The number of hydrogen-bond acceptors (Lipinski definition) is 3. The third kappa shape index (κ3) is 3.01. The van der Waals surface area contributed by atoms with Crippen LogP contribution in [0.1, 0.15) is 0 Å². The van der Waals surface area contributed by atoms with Gasteiger partial charge < -0.3 is 15.5 Å². The minimum absolute atomic E-state index is 0. The molecule has 0 bridgehead atoms. The van der Waals surface area contributed by atoms with Gasteiger partial charge in [-0.2, -0.15) is 0 Å². The first-order valence-electron chi connectivity index (χ1n) is 5.05. The number of likely N-dealkylation sites (N-methyl/N-ethyl adjacent to an activating group) is 1. The molecule has 1 aliphatic heterocycles. The molecule has 0 amide bonds. The molecule has 84 valence electrons. The van der Waals surface area contributed by atoms with Crippen molar-refractivity contribution in [2.75, 3.05) is 43.9 Å². The van der Waals surface area contributed by atoms with Gasteiger partial charge in [0.15, 0.2) is 0 Å². The molecule has 1 heterocycles. The van der Waals surface area contributed by atoms with Crippen molar-refractivity contribution < 1.29 is 0 Å². The van der Waals surface area contributed by atoms with Gasteiger partial charge in [-0.05, 0) is 31.3 Å². The summed E-state index contributed by atoms with van der Waals surface area (Å²) in [7, 11) is 2.17. The summed E-state index contributed by atoms with van der Waals surface area (Å²) >= 11 is 0.